The van der Waals surface area contributed by atoms with Crippen LogP contribution < -0.4 is 4.31 Å². The second-order valence-corrected chi connectivity index (χ2v) is 7.77. The minimum atomic E-state index is -4.23. The Labute approximate surface area is 158 Å². The molecule has 2 aromatic rings. The minimum Gasteiger partial charge on any atom is -0.481 e. The van der Waals surface area contributed by atoms with Crippen LogP contribution in [0.1, 0.15) is 6.42 Å². The van der Waals surface area contributed by atoms with Crippen LogP contribution >= 0.6 is 23.2 Å². The van der Waals surface area contributed by atoms with E-state index >= 15 is 0 Å². The summed E-state index contributed by atoms with van der Waals surface area (Å²) in [6, 6.07) is 8.50. The lowest BCUT2D eigenvalue weighted by atomic mass is 10.2. The molecule has 0 spiro atoms. The predicted molar refractivity (Wildman–Crippen MR) is 96.3 cm³/mol. The molecule has 8 nitrogen and oxygen atoms in total. The van der Waals surface area contributed by atoms with Crippen molar-refractivity contribution in [3.63, 3.8) is 0 Å². The van der Waals surface area contributed by atoms with Gasteiger partial charge in [0.1, 0.15) is 0 Å². The van der Waals surface area contributed by atoms with Gasteiger partial charge in [-0.3, -0.25) is 19.2 Å². The van der Waals surface area contributed by atoms with Gasteiger partial charge in [-0.05, 0) is 30.3 Å². The summed E-state index contributed by atoms with van der Waals surface area (Å²) in [5.41, 5.74) is -0.562. The van der Waals surface area contributed by atoms with Gasteiger partial charge in [0.05, 0.1) is 26.9 Å². The second-order valence-electron chi connectivity index (χ2n) is 5.07. The van der Waals surface area contributed by atoms with Gasteiger partial charge in [0.25, 0.3) is 15.7 Å². The van der Waals surface area contributed by atoms with E-state index < -0.39 is 33.9 Å². The fourth-order valence-electron chi connectivity index (χ4n) is 2.11. The number of hydrogen-bond acceptors (Lipinski definition) is 5. The molecule has 0 aliphatic rings. The van der Waals surface area contributed by atoms with E-state index in [1.54, 1.807) is 0 Å². The van der Waals surface area contributed by atoms with Crippen molar-refractivity contribution in [3.8, 4) is 0 Å². The van der Waals surface area contributed by atoms with Gasteiger partial charge < -0.3 is 5.11 Å². The molecule has 0 heterocycles. The summed E-state index contributed by atoms with van der Waals surface area (Å²) < 4.78 is 26.6. The van der Waals surface area contributed by atoms with Crippen molar-refractivity contribution in [3.05, 3.63) is 62.6 Å². The van der Waals surface area contributed by atoms with Crippen LogP contribution in [-0.2, 0) is 14.8 Å². The molecule has 26 heavy (non-hydrogen) atoms. The highest BCUT2D eigenvalue weighted by atomic mass is 35.5. The van der Waals surface area contributed by atoms with E-state index in [0.717, 1.165) is 16.4 Å². The third-order valence-electron chi connectivity index (χ3n) is 3.34. The maximum atomic E-state index is 13.0. The molecule has 0 aliphatic carbocycles. The van der Waals surface area contributed by atoms with Gasteiger partial charge in [-0.15, -0.1) is 0 Å². The third-order valence-corrected chi connectivity index (χ3v) is 5.74. The summed E-state index contributed by atoms with van der Waals surface area (Å²) in [6.45, 7) is -0.457. The van der Waals surface area contributed by atoms with Crippen LogP contribution in [0.4, 0.5) is 11.4 Å². The van der Waals surface area contributed by atoms with Gasteiger partial charge >= 0.3 is 5.97 Å². The molecular formula is C15H12Cl2N2O6S. The number of nitrogens with zero attached hydrogens (tertiary/aromatic N) is 2. The number of benzene rings is 2. The smallest absolute Gasteiger partial charge is 0.305 e. The summed E-state index contributed by atoms with van der Waals surface area (Å²) in [4.78, 5) is 21.1. The van der Waals surface area contributed by atoms with Crippen LogP contribution in [0.25, 0.3) is 0 Å². The number of non-ortho nitro benzene ring substituents is 1. The van der Waals surface area contributed by atoms with Crippen molar-refractivity contribution in [2.45, 2.75) is 11.3 Å². The second kappa shape index (κ2) is 7.90. The molecule has 1 N–H and O–H groups in total. The summed E-state index contributed by atoms with van der Waals surface area (Å²) in [5, 5.41) is 20.2. The quantitative estimate of drug-likeness (QED) is 0.542. The molecule has 0 amide bonds. The molecule has 0 aliphatic heterocycles. The summed E-state index contributed by atoms with van der Waals surface area (Å²) in [6.07, 6.45) is -0.522. The lowest BCUT2D eigenvalue weighted by molar-refractivity contribution is -0.384. The topological polar surface area (TPSA) is 118 Å². The van der Waals surface area contributed by atoms with Crippen LogP contribution in [0.3, 0.4) is 0 Å². The van der Waals surface area contributed by atoms with Crippen molar-refractivity contribution < 1.29 is 23.2 Å². The number of hydrogen-bond donors (Lipinski definition) is 1. The van der Waals surface area contributed by atoms with Crippen LogP contribution in [0.15, 0.2) is 47.4 Å². The number of carboxylic acids is 1. The molecule has 0 atom stereocenters. The first-order chi connectivity index (χ1) is 12.1. The fourth-order valence-corrected chi connectivity index (χ4v) is 3.98. The molecule has 0 saturated heterocycles. The Morgan fingerprint density at radius 1 is 1.15 bits per heavy atom. The van der Waals surface area contributed by atoms with E-state index in [2.05, 4.69) is 0 Å². The normalized spacial score (nSPS) is 11.2. The predicted octanol–water partition coefficient (Wildman–Crippen LogP) is 3.57. The molecule has 0 bridgehead atoms. The van der Waals surface area contributed by atoms with Gasteiger partial charge in [-0.2, -0.15) is 0 Å². The first-order valence-electron chi connectivity index (χ1n) is 7.07. The highest BCUT2D eigenvalue weighted by Crippen LogP contribution is 2.34. The Hall–Kier alpha value is -2.36. The zero-order valence-corrected chi connectivity index (χ0v) is 15.3. The molecule has 11 heteroatoms. The number of carboxylic acid groups (broad SMARTS) is 1. The maximum absolute atomic E-state index is 13.0. The molecule has 0 unspecified atom stereocenters. The van der Waals surface area contributed by atoms with Crippen LogP contribution in [0.2, 0.25) is 10.0 Å². The molecule has 138 valence electrons. The van der Waals surface area contributed by atoms with E-state index in [1.165, 1.54) is 30.3 Å². The Balaban J connectivity index is 2.60. The third kappa shape index (κ3) is 4.43. The van der Waals surface area contributed by atoms with Crippen molar-refractivity contribution >= 4 is 50.6 Å². The number of carbonyl (C=O) groups is 1. The number of halogens is 2. The van der Waals surface area contributed by atoms with Crippen LogP contribution in [0.5, 0.6) is 0 Å². The highest BCUT2D eigenvalue weighted by molar-refractivity contribution is 7.92. The fraction of sp³-hybridized carbons (Fsp3) is 0.133. The standard InChI is InChI=1S/C15H12Cl2N2O6S/c16-10-1-4-12(5-2-10)26(24,25)18(8-7-15(20)21)14-9-11(19(22)23)3-6-13(14)17/h1-6,9H,7-8H2,(H,20,21). The molecule has 2 aromatic carbocycles. The SMILES string of the molecule is O=C(O)CCN(c1cc([N+](=O)[O-])ccc1Cl)S(=O)(=O)c1ccc(Cl)cc1. The van der Waals surface area contributed by atoms with Crippen molar-refractivity contribution in [2.24, 2.45) is 0 Å². The summed E-state index contributed by atoms with van der Waals surface area (Å²) >= 11 is 11.8. The molecule has 0 saturated carbocycles. The van der Waals surface area contributed by atoms with Crippen molar-refractivity contribution in [2.75, 3.05) is 10.8 Å². The zero-order chi connectivity index (χ0) is 19.5. The molecule has 2 rings (SSSR count). The maximum Gasteiger partial charge on any atom is 0.305 e. The number of anilines is 1. The summed E-state index contributed by atoms with van der Waals surface area (Å²) in [7, 11) is -4.23. The van der Waals surface area contributed by atoms with Crippen LogP contribution in [0, 0.1) is 10.1 Å². The van der Waals surface area contributed by atoms with Gasteiger partial charge in [-0.1, -0.05) is 23.2 Å². The summed E-state index contributed by atoms with van der Waals surface area (Å²) in [5.74, 6) is -1.23. The Kier molecular flexibility index (Phi) is 6.06. The molecule has 0 aromatic heterocycles. The zero-order valence-electron chi connectivity index (χ0n) is 13.0. The first-order valence-corrected chi connectivity index (χ1v) is 9.26. The average Bonchev–Trinajstić information content (AvgIpc) is 2.56. The first kappa shape index (κ1) is 20.0. The molecule has 0 radical (unpaired) electrons. The highest BCUT2D eigenvalue weighted by Gasteiger charge is 2.28. The van der Waals surface area contributed by atoms with Crippen molar-refractivity contribution in [1.82, 2.24) is 0 Å². The van der Waals surface area contributed by atoms with Gasteiger partial charge in [0, 0.05) is 23.7 Å². The van der Waals surface area contributed by atoms with E-state index in [1.807, 2.05) is 0 Å². The van der Waals surface area contributed by atoms with Crippen LogP contribution in [-0.4, -0.2) is 31.0 Å². The van der Waals surface area contributed by atoms with E-state index in [0.29, 0.717) is 5.02 Å². The van der Waals surface area contributed by atoms with Crippen molar-refractivity contribution in [1.29, 1.82) is 0 Å². The lowest BCUT2D eigenvalue weighted by Gasteiger charge is -2.24. The number of nitro benzene ring substituents is 1. The number of aliphatic carboxylic acids is 1. The van der Waals surface area contributed by atoms with E-state index in [4.69, 9.17) is 28.3 Å². The Bertz CT molecular complexity index is 947. The largest absolute Gasteiger partial charge is 0.481 e. The minimum absolute atomic E-state index is 0.0708. The van der Waals surface area contributed by atoms with Gasteiger partial charge in [0.15, 0.2) is 0 Å². The Morgan fingerprint density at radius 3 is 2.31 bits per heavy atom. The van der Waals surface area contributed by atoms with Gasteiger partial charge in [-0.25, -0.2) is 8.42 Å². The Morgan fingerprint density at radius 2 is 1.77 bits per heavy atom. The molecule has 0 fully saturated rings. The number of rotatable bonds is 7. The van der Waals surface area contributed by atoms with E-state index in [-0.39, 0.29) is 21.3 Å². The number of sulfonamides is 1. The van der Waals surface area contributed by atoms with E-state index in [9.17, 15) is 23.3 Å². The van der Waals surface area contributed by atoms with Gasteiger partial charge in [0.2, 0.25) is 0 Å². The molecular weight excluding hydrogens is 407 g/mol. The average molecular weight is 419 g/mol. The monoisotopic (exact) mass is 418 g/mol. The lowest BCUT2D eigenvalue weighted by Crippen LogP contribution is -2.33. The number of nitro groups is 1.